The van der Waals surface area contributed by atoms with Gasteiger partial charge >= 0.3 is 0 Å². The molecule has 2 rings (SSSR count). The van der Waals surface area contributed by atoms with Crippen molar-refractivity contribution in [2.75, 3.05) is 32.7 Å². The fourth-order valence-electron chi connectivity index (χ4n) is 2.32. The van der Waals surface area contributed by atoms with E-state index in [2.05, 4.69) is 11.8 Å². The molecule has 7 heteroatoms. The minimum Gasteiger partial charge on any atom is -0.301 e. The highest BCUT2D eigenvalue weighted by Gasteiger charge is 2.30. The molecule has 20 heavy (non-hydrogen) atoms. The van der Waals surface area contributed by atoms with Gasteiger partial charge in [0.25, 0.3) is 0 Å². The van der Waals surface area contributed by atoms with E-state index in [4.69, 9.17) is 0 Å². The van der Waals surface area contributed by atoms with E-state index < -0.39 is 26.6 Å². The predicted molar refractivity (Wildman–Crippen MR) is 71.8 cm³/mol. The summed E-state index contributed by atoms with van der Waals surface area (Å²) in [6, 6.07) is 2.49. The lowest BCUT2D eigenvalue weighted by atomic mass is 10.3. The van der Waals surface area contributed by atoms with Crippen LogP contribution >= 0.6 is 0 Å². The maximum atomic E-state index is 13.6. The number of piperazine rings is 1. The van der Waals surface area contributed by atoms with Crippen LogP contribution in [0.15, 0.2) is 23.1 Å². The van der Waals surface area contributed by atoms with Gasteiger partial charge in [0, 0.05) is 26.2 Å². The van der Waals surface area contributed by atoms with E-state index in [0.717, 1.165) is 31.2 Å². The summed E-state index contributed by atoms with van der Waals surface area (Å²) < 4.78 is 52.7. The van der Waals surface area contributed by atoms with Gasteiger partial charge < -0.3 is 4.90 Å². The molecule has 0 N–H and O–H groups in total. The first-order valence-corrected chi connectivity index (χ1v) is 8.06. The third-order valence-corrected chi connectivity index (χ3v) is 5.30. The number of hydrogen-bond donors (Lipinski definition) is 0. The number of benzene rings is 1. The van der Waals surface area contributed by atoms with Crippen LogP contribution in [0.1, 0.15) is 13.3 Å². The zero-order valence-corrected chi connectivity index (χ0v) is 12.2. The van der Waals surface area contributed by atoms with E-state index in [1.54, 1.807) is 0 Å². The summed E-state index contributed by atoms with van der Waals surface area (Å²) in [4.78, 5) is 1.58. The molecule has 0 spiro atoms. The van der Waals surface area contributed by atoms with Crippen molar-refractivity contribution < 1.29 is 17.2 Å². The molecule has 1 aromatic carbocycles. The van der Waals surface area contributed by atoms with Crippen molar-refractivity contribution in [3.63, 3.8) is 0 Å². The van der Waals surface area contributed by atoms with Crippen molar-refractivity contribution in [2.24, 2.45) is 0 Å². The van der Waals surface area contributed by atoms with Gasteiger partial charge in [0.15, 0.2) is 0 Å². The van der Waals surface area contributed by atoms with Crippen molar-refractivity contribution in [2.45, 2.75) is 18.2 Å². The van der Waals surface area contributed by atoms with Gasteiger partial charge in [0.05, 0.1) is 0 Å². The zero-order chi connectivity index (χ0) is 14.8. The molecule has 0 radical (unpaired) electrons. The van der Waals surface area contributed by atoms with Gasteiger partial charge in [0.1, 0.15) is 16.5 Å². The average molecular weight is 304 g/mol. The van der Waals surface area contributed by atoms with Crippen LogP contribution in [0, 0.1) is 11.6 Å². The number of nitrogens with zero attached hydrogens (tertiary/aromatic N) is 2. The molecule has 1 heterocycles. The minimum atomic E-state index is -3.96. The van der Waals surface area contributed by atoms with E-state index in [-0.39, 0.29) is 0 Å². The third-order valence-electron chi connectivity index (χ3n) is 3.38. The summed E-state index contributed by atoms with van der Waals surface area (Å²) in [5.41, 5.74) is 0. The topological polar surface area (TPSA) is 40.6 Å². The minimum absolute atomic E-state index is 0.304. The molecule has 0 amide bonds. The van der Waals surface area contributed by atoms with E-state index in [1.807, 2.05) is 0 Å². The molecule has 0 atom stereocenters. The van der Waals surface area contributed by atoms with Crippen molar-refractivity contribution in [1.29, 1.82) is 0 Å². The first kappa shape index (κ1) is 15.3. The molecule has 112 valence electrons. The first-order valence-electron chi connectivity index (χ1n) is 6.62. The number of hydrogen-bond acceptors (Lipinski definition) is 3. The zero-order valence-electron chi connectivity index (χ0n) is 11.3. The molecule has 0 saturated carbocycles. The molecule has 0 bridgehead atoms. The Balaban J connectivity index is 2.18. The highest BCUT2D eigenvalue weighted by atomic mass is 32.2. The van der Waals surface area contributed by atoms with Gasteiger partial charge in [-0.3, -0.25) is 0 Å². The Labute approximate surface area is 118 Å². The molecule has 0 aromatic heterocycles. The lowest BCUT2D eigenvalue weighted by molar-refractivity contribution is 0.188. The summed E-state index contributed by atoms with van der Waals surface area (Å²) in [6.45, 7) is 4.82. The Morgan fingerprint density at radius 3 is 2.40 bits per heavy atom. The fraction of sp³-hybridized carbons (Fsp3) is 0.538. The normalized spacial score (nSPS) is 18.4. The lowest BCUT2D eigenvalue weighted by Crippen LogP contribution is -2.48. The molecule has 1 saturated heterocycles. The van der Waals surface area contributed by atoms with Crippen molar-refractivity contribution in [3.8, 4) is 0 Å². The monoisotopic (exact) mass is 304 g/mol. The van der Waals surface area contributed by atoms with Crippen LogP contribution in [0.4, 0.5) is 8.78 Å². The smallest absolute Gasteiger partial charge is 0.246 e. The molecule has 1 fully saturated rings. The molecule has 1 aliphatic rings. The molecule has 1 aliphatic heterocycles. The highest BCUT2D eigenvalue weighted by Crippen LogP contribution is 2.21. The van der Waals surface area contributed by atoms with Gasteiger partial charge in [-0.05, 0) is 31.2 Å². The molecule has 0 unspecified atom stereocenters. The summed E-state index contributed by atoms with van der Waals surface area (Å²) in [6.07, 6.45) is 1.01. The largest absolute Gasteiger partial charge is 0.301 e. The van der Waals surface area contributed by atoms with Crippen LogP contribution in [0.2, 0.25) is 0 Å². The first-order chi connectivity index (χ1) is 9.45. The van der Waals surface area contributed by atoms with E-state index in [9.17, 15) is 17.2 Å². The van der Waals surface area contributed by atoms with Crippen LogP contribution in [0.25, 0.3) is 0 Å². The van der Waals surface area contributed by atoms with Crippen LogP contribution < -0.4 is 0 Å². The van der Waals surface area contributed by atoms with Crippen LogP contribution in [-0.2, 0) is 10.0 Å². The van der Waals surface area contributed by atoms with Crippen molar-refractivity contribution >= 4 is 10.0 Å². The quantitative estimate of drug-likeness (QED) is 0.850. The summed E-state index contributed by atoms with van der Waals surface area (Å²) >= 11 is 0. The number of halogens is 2. The lowest BCUT2D eigenvalue weighted by Gasteiger charge is -2.33. The maximum absolute atomic E-state index is 13.6. The van der Waals surface area contributed by atoms with Gasteiger partial charge in [-0.25, -0.2) is 17.2 Å². The van der Waals surface area contributed by atoms with Gasteiger partial charge in [-0.1, -0.05) is 6.92 Å². The number of rotatable bonds is 4. The van der Waals surface area contributed by atoms with Crippen molar-refractivity contribution in [1.82, 2.24) is 9.21 Å². The van der Waals surface area contributed by atoms with Gasteiger partial charge in [-0.15, -0.1) is 0 Å². The van der Waals surface area contributed by atoms with Crippen molar-refractivity contribution in [3.05, 3.63) is 29.8 Å². The summed E-state index contributed by atoms with van der Waals surface area (Å²) in [5.74, 6) is -1.67. The summed E-state index contributed by atoms with van der Waals surface area (Å²) in [7, 11) is -3.96. The second-order valence-corrected chi connectivity index (χ2v) is 6.73. The summed E-state index contributed by atoms with van der Waals surface area (Å²) in [5, 5.41) is 0. The standard InChI is InChI=1S/C13H18F2N2O2S/c1-2-5-16-6-8-17(9-7-16)20(18,19)13-10-11(14)3-4-12(13)15/h3-4,10H,2,5-9H2,1H3. The third kappa shape index (κ3) is 3.16. The fourth-order valence-corrected chi connectivity index (χ4v) is 3.82. The second kappa shape index (κ2) is 6.15. The van der Waals surface area contributed by atoms with Gasteiger partial charge in [0.2, 0.25) is 10.0 Å². The SMILES string of the molecule is CCCN1CCN(S(=O)(=O)c2cc(F)ccc2F)CC1. The predicted octanol–water partition coefficient (Wildman–Crippen LogP) is 1.68. The Morgan fingerprint density at radius 1 is 1.15 bits per heavy atom. The van der Waals surface area contributed by atoms with Crippen LogP contribution in [0.5, 0.6) is 0 Å². The van der Waals surface area contributed by atoms with E-state index >= 15 is 0 Å². The van der Waals surface area contributed by atoms with E-state index in [0.29, 0.717) is 26.2 Å². The average Bonchev–Trinajstić information content (AvgIpc) is 2.42. The Morgan fingerprint density at radius 2 is 1.80 bits per heavy atom. The molecular formula is C13H18F2N2O2S. The maximum Gasteiger partial charge on any atom is 0.246 e. The Kier molecular flexibility index (Phi) is 4.72. The van der Waals surface area contributed by atoms with Crippen LogP contribution in [-0.4, -0.2) is 50.3 Å². The van der Waals surface area contributed by atoms with Crippen LogP contribution in [0.3, 0.4) is 0 Å². The molecule has 0 aliphatic carbocycles. The Hall–Kier alpha value is -1.05. The highest BCUT2D eigenvalue weighted by molar-refractivity contribution is 7.89. The van der Waals surface area contributed by atoms with E-state index in [1.165, 1.54) is 4.31 Å². The Bertz CT molecular complexity index is 570. The molecule has 1 aromatic rings. The number of sulfonamides is 1. The second-order valence-electron chi connectivity index (χ2n) is 4.82. The van der Waals surface area contributed by atoms with Gasteiger partial charge in [-0.2, -0.15) is 4.31 Å². The molecular weight excluding hydrogens is 286 g/mol. The molecule has 4 nitrogen and oxygen atoms in total.